The van der Waals surface area contributed by atoms with E-state index in [0.29, 0.717) is 10.3 Å². The van der Waals surface area contributed by atoms with E-state index in [1.165, 1.54) is 11.3 Å². The summed E-state index contributed by atoms with van der Waals surface area (Å²) < 4.78 is 5.58. The van der Waals surface area contributed by atoms with E-state index in [0.717, 1.165) is 25.9 Å². The molecule has 0 radical (unpaired) electrons. The largest absolute Gasteiger partial charge is 0.464 e. The average molecular weight is 237 g/mol. The first-order valence-corrected chi connectivity index (χ1v) is 5.12. The Labute approximate surface area is 92.5 Å². The van der Waals surface area contributed by atoms with Crippen LogP contribution in [0, 0.1) is 0 Å². The molecule has 1 aliphatic heterocycles. The van der Waals surface area contributed by atoms with E-state index in [1.807, 2.05) is 0 Å². The maximum atomic E-state index is 5.58. The lowest BCUT2D eigenvalue weighted by atomic mass is 10.1. The monoisotopic (exact) mass is 236 g/mol. The summed E-state index contributed by atoms with van der Waals surface area (Å²) >= 11 is 1.29. The number of rotatable bonds is 2. The lowest BCUT2D eigenvalue weighted by Gasteiger charge is -2.21. The quantitative estimate of drug-likeness (QED) is 0.790. The van der Waals surface area contributed by atoms with Crippen molar-refractivity contribution in [3.05, 3.63) is 0 Å². The Balaban J connectivity index is 0.000000980. The van der Waals surface area contributed by atoms with Crippen LogP contribution in [-0.2, 0) is 0 Å². The molecule has 1 fully saturated rings. The van der Waals surface area contributed by atoms with Gasteiger partial charge in [0.2, 0.25) is 5.13 Å². The highest BCUT2D eigenvalue weighted by atomic mass is 35.5. The first-order chi connectivity index (χ1) is 6.34. The van der Waals surface area contributed by atoms with Crippen LogP contribution in [0.1, 0.15) is 12.8 Å². The molecule has 1 aromatic rings. The van der Waals surface area contributed by atoms with Crippen LogP contribution in [0.15, 0.2) is 0 Å². The lowest BCUT2D eigenvalue weighted by molar-refractivity contribution is 0.165. The molecule has 1 saturated heterocycles. The van der Waals surface area contributed by atoms with E-state index in [1.54, 1.807) is 0 Å². The smallest absolute Gasteiger partial charge is 0.296 e. The average Bonchev–Trinajstić information content (AvgIpc) is 2.53. The van der Waals surface area contributed by atoms with Crippen LogP contribution in [0.4, 0.5) is 5.13 Å². The minimum atomic E-state index is 0. The van der Waals surface area contributed by atoms with Crippen LogP contribution in [0.5, 0.6) is 5.19 Å². The standard InChI is InChI=1S/C7H12N4OS.ClH/c8-6-10-11-7(13-6)12-5-2-1-3-9-4-5;/h5,9H,1-4H2,(H2,8,10);1H. The Morgan fingerprint density at radius 2 is 2.36 bits per heavy atom. The maximum Gasteiger partial charge on any atom is 0.296 e. The zero-order valence-corrected chi connectivity index (χ0v) is 9.24. The molecule has 0 aromatic carbocycles. The van der Waals surface area contributed by atoms with Gasteiger partial charge in [0.15, 0.2) is 0 Å². The van der Waals surface area contributed by atoms with E-state index in [-0.39, 0.29) is 18.5 Å². The molecule has 1 aromatic heterocycles. The minimum Gasteiger partial charge on any atom is -0.464 e. The number of ether oxygens (including phenoxy) is 1. The number of nitrogen functional groups attached to an aromatic ring is 1. The van der Waals surface area contributed by atoms with Gasteiger partial charge in [-0.05, 0) is 30.7 Å². The Hall–Kier alpha value is -0.590. The predicted octanol–water partition coefficient (Wildman–Crippen LogP) is 0.673. The summed E-state index contributed by atoms with van der Waals surface area (Å²) in [4.78, 5) is 0. The zero-order valence-electron chi connectivity index (χ0n) is 7.60. The Morgan fingerprint density at radius 3 is 2.93 bits per heavy atom. The van der Waals surface area contributed by atoms with Crippen molar-refractivity contribution in [3.63, 3.8) is 0 Å². The van der Waals surface area contributed by atoms with Crippen molar-refractivity contribution in [2.24, 2.45) is 0 Å². The number of halogens is 1. The van der Waals surface area contributed by atoms with Crippen molar-refractivity contribution in [3.8, 4) is 5.19 Å². The summed E-state index contributed by atoms with van der Waals surface area (Å²) in [5, 5.41) is 11.8. The van der Waals surface area contributed by atoms with Gasteiger partial charge in [0.1, 0.15) is 6.10 Å². The number of hydrogen-bond donors (Lipinski definition) is 2. The van der Waals surface area contributed by atoms with Crippen molar-refractivity contribution in [2.45, 2.75) is 18.9 Å². The number of hydrogen-bond acceptors (Lipinski definition) is 6. The molecule has 0 amide bonds. The first kappa shape index (κ1) is 11.5. The van der Waals surface area contributed by atoms with Gasteiger partial charge >= 0.3 is 0 Å². The van der Waals surface area contributed by atoms with Crippen molar-refractivity contribution < 1.29 is 4.74 Å². The Kier molecular flexibility index (Phi) is 4.37. The lowest BCUT2D eigenvalue weighted by Crippen LogP contribution is -2.37. The summed E-state index contributed by atoms with van der Waals surface area (Å²) in [6.07, 6.45) is 2.45. The minimum absolute atomic E-state index is 0. The number of nitrogens with one attached hydrogen (secondary N) is 1. The maximum absolute atomic E-state index is 5.58. The van der Waals surface area contributed by atoms with Gasteiger partial charge in [-0.2, -0.15) is 0 Å². The van der Waals surface area contributed by atoms with Gasteiger partial charge in [0.05, 0.1) is 0 Å². The van der Waals surface area contributed by atoms with E-state index in [9.17, 15) is 0 Å². The number of nitrogens with zero attached hydrogens (tertiary/aromatic N) is 2. The Morgan fingerprint density at radius 1 is 1.50 bits per heavy atom. The van der Waals surface area contributed by atoms with E-state index in [4.69, 9.17) is 10.5 Å². The van der Waals surface area contributed by atoms with Crippen LogP contribution in [0.2, 0.25) is 0 Å². The first-order valence-electron chi connectivity index (χ1n) is 4.31. The van der Waals surface area contributed by atoms with Crippen LogP contribution >= 0.6 is 23.7 Å². The van der Waals surface area contributed by atoms with E-state index in [2.05, 4.69) is 15.5 Å². The number of aromatic nitrogens is 2. The van der Waals surface area contributed by atoms with Gasteiger partial charge in [0, 0.05) is 6.54 Å². The molecule has 2 heterocycles. The second-order valence-electron chi connectivity index (χ2n) is 2.99. The van der Waals surface area contributed by atoms with Crippen LogP contribution in [0.25, 0.3) is 0 Å². The molecule has 3 N–H and O–H groups in total. The molecular weight excluding hydrogens is 224 g/mol. The van der Waals surface area contributed by atoms with E-state index >= 15 is 0 Å². The molecule has 14 heavy (non-hydrogen) atoms. The molecule has 0 bridgehead atoms. The molecule has 1 unspecified atom stereocenters. The van der Waals surface area contributed by atoms with Crippen LogP contribution in [-0.4, -0.2) is 29.4 Å². The highest BCUT2D eigenvalue weighted by molar-refractivity contribution is 7.16. The van der Waals surface area contributed by atoms with E-state index < -0.39 is 0 Å². The van der Waals surface area contributed by atoms with Gasteiger partial charge in [-0.15, -0.1) is 17.5 Å². The van der Waals surface area contributed by atoms with Crippen molar-refractivity contribution in [1.82, 2.24) is 15.5 Å². The molecule has 1 aliphatic rings. The highest BCUT2D eigenvalue weighted by Crippen LogP contribution is 2.21. The van der Waals surface area contributed by atoms with Crippen molar-refractivity contribution in [2.75, 3.05) is 18.8 Å². The molecule has 0 spiro atoms. The SMILES string of the molecule is Cl.Nc1nnc(OC2CCCNC2)s1. The topological polar surface area (TPSA) is 73.1 Å². The van der Waals surface area contributed by atoms with Gasteiger partial charge in [-0.25, -0.2) is 0 Å². The molecule has 5 nitrogen and oxygen atoms in total. The molecule has 7 heteroatoms. The molecule has 0 aliphatic carbocycles. The van der Waals surface area contributed by atoms with Crippen molar-refractivity contribution >= 4 is 28.9 Å². The van der Waals surface area contributed by atoms with Crippen LogP contribution in [0.3, 0.4) is 0 Å². The van der Waals surface area contributed by atoms with Gasteiger partial charge in [-0.3, -0.25) is 0 Å². The van der Waals surface area contributed by atoms with Crippen molar-refractivity contribution in [1.29, 1.82) is 0 Å². The molecule has 1 atom stereocenters. The molecule has 0 saturated carbocycles. The fourth-order valence-corrected chi connectivity index (χ4v) is 1.86. The highest BCUT2D eigenvalue weighted by Gasteiger charge is 2.15. The summed E-state index contributed by atoms with van der Waals surface area (Å²) in [6.45, 7) is 1.97. The van der Waals surface area contributed by atoms with Gasteiger partial charge < -0.3 is 15.8 Å². The summed E-state index contributed by atoms with van der Waals surface area (Å²) in [5.74, 6) is 0. The molecule has 80 valence electrons. The Bertz CT molecular complexity index is 276. The molecular formula is C7H13ClN4OS. The van der Waals surface area contributed by atoms with Gasteiger partial charge in [-0.1, -0.05) is 5.10 Å². The number of piperidine rings is 1. The number of nitrogens with two attached hydrogens (primary N) is 1. The summed E-state index contributed by atoms with van der Waals surface area (Å²) in [7, 11) is 0. The van der Waals surface area contributed by atoms with Crippen LogP contribution < -0.4 is 15.8 Å². The summed E-state index contributed by atoms with van der Waals surface area (Å²) in [5.41, 5.74) is 5.43. The third-order valence-electron chi connectivity index (χ3n) is 1.94. The number of anilines is 1. The fourth-order valence-electron chi connectivity index (χ4n) is 1.33. The molecule has 2 rings (SSSR count). The summed E-state index contributed by atoms with van der Waals surface area (Å²) in [6, 6.07) is 0. The second kappa shape index (κ2) is 5.33. The normalized spacial score (nSPS) is 21.3. The predicted molar refractivity (Wildman–Crippen MR) is 58.1 cm³/mol. The third kappa shape index (κ3) is 2.97. The van der Waals surface area contributed by atoms with Gasteiger partial charge in [0.25, 0.3) is 5.19 Å². The third-order valence-corrected chi connectivity index (χ3v) is 2.58. The fraction of sp³-hybridized carbons (Fsp3) is 0.714. The second-order valence-corrected chi connectivity index (χ2v) is 3.96. The zero-order chi connectivity index (χ0) is 9.10.